The number of rotatable bonds is 4. The molecule has 0 heterocycles. The number of carbonyl (C=O) groups is 1. The van der Waals surface area contributed by atoms with Gasteiger partial charge in [-0.15, -0.1) is 0 Å². The summed E-state index contributed by atoms with van der Waals surface area (Å²) < 4.78 is 4.75. The molecular weight excluding hydrogens is 162 g/mol. The maximum Gasteiger partial charge on any atom is 0.324 e. The summed E-state index contributed by atoms with van der Waals surface area (Å²) in [6, 6.07) is -0.495. The lowest BCUT2D eigenvalue weighted by molar-refractivity contribution is -0.144. The Balaban J connectivity index is 3.80. The van der Waals surface area contributed by atoms with Crippen molar-refractivity contribution < 1.29 is 9.53 Å². The second-order valence-corrected chi connectivity index (χ2v) is 3.43. The zero-order valence-electron chi connectivity index (χ0n) is 7.16. The average Bonchev–Trinajstić information content (AvgIpc) is 2.02. The topological polar surface area (TPSA) is 52.3 Å². The molecule has 66 valence electrons. The van der Waals surface area contributed by atoms with Gasteiger partial charge in [-0.3, -0.25) is 4.79 Å². The molecule has 3 nitrogen and oxygen atoms in total. The Morgan fingerprint density at radius 3 is 2.64 bits per heavy atom. The number of esters is 1. The molecule has 0 amide bonds. The van der Waals surface area contributed by atoms with E-state index >= 15 is 0 Å². The van der Waals surface area contributed by atoms with Crippen LogP contribution in [0.3, 0.4) is 0 Å². The summed E-state index contributed by atoms with van der Waals surface area (Å²) in [4.78, 5) is 11.0. The number of thioether (sulfide) groups is 1. The van der Waals surface area contributed by atoms with Crippen molar-refractivity contribution in [2.45, 2.75) is 25.1 Å². The minimum absolute atomic E-state index is 0.119. The molecule has 0 saturated carbocycles. The fourth-order valence-electron chi connectivity index (χ4n) is 0.577. The summed E-state index contributed by atoms with van der Waals surface area (Å²) >= 11 is 1.56. The van der Waals surface area contributed by atoms with E-state index in [2.05, 4.69) is 0 Å². The van der Waals surface area contributed by atoms with Crippen LogP contribution in [0.4, 0.5) is 0 Å². The van der Waals surface area contributed by atoms with Gasteiger partial charge in [0.1, 0.15) is 6.04 Å². The first-order chi connectivity index (χ1) is 5.13. The van der Waals surface area contributed by atoms with Gasteiger partial charge >= 0.3 is 5.97 Å². The summed E-state index contributed by atoms with van der Waals surface area (Å²) in [7, 11) is 0. The minimum Gasteiger partial charge on any atom is -0.465 e. The van der Waals surface area contributed by atoms with Gasteiger partial charge in [-0.05, 0) is 13.2 Å². The van der Waals surface area contributed by atoms with Crippen LogP contribution in [0, 0.1) is 0 Å². The quantitative estimate of drug-likeness (QED) is 0.640. The highest BCUT2D eigenvalue weighted by Crippen LogP contribution is 2.09. The third-order valence-corrected chi connectivity index (χ3v) is 2.47. The molecule has 0 aromatic rings. The third-order valence-electron chi connectivity index (χ3n) is 1.44. The van der Waals surface area contributed by atoms with Gasteiger partial charge < -0.3 is 10.5 Å². The van der Waals surface area contributed by atoms with Crippen molar-refractivity contribution in [1.29, 1.82) is 0 Å². The van der Waals surface area contributed by atoms with Gasteiger partial charge in [-0.1, -0.05) is 6.92 Å². The highest BCUT2D eigenvalue weighted by molar-refractivity contribution is 7.99. The second kappa shape index (κ2) is 5.43. The molecule has 2 atom stereocenters. The normalized spacial score (nSPS) is 15.6. The predicted molar refractivity (Wildman–Crippen MR) is 47.6 cm³/mol. The molecule has 0 aromatic carbocycles. The smallest absolute Gasteiger partial charge is 0.324 e. The van der Waals surface area contributed by atoms with E-state index in [9.17, 15) is 4.79 Å². The number of carbonyl (C=O) groups excluding carboxylic acids is 1. The van der Waals surface area contributed by atoms with Crippen LogP contribution in [0.1, 0.15) is 13.8 Å². The van der Waals surface area contributed by atoms with Crippen LogP contribution in [-0.4, -0.2) is 30.1 Å². The summed E-state index contributed by atoms with van der Waals surface area (Å²) in [6.45, 7) is 4.08. The SMILES string of the molecule is CCOC(=O)C(N)C(C)SC. The van der Waals surface area contributed by atoms with Crippen LogP contribution < -0.4 is 5.73 Å². The van der Waals surface area contributed by atoms with Gasteiger partial charge in [-0.2, -0.15) is 11.8 Å². The van der Waals surface area contributed by atoms with Crippen molar-refractivity contribution in [1.82, 2.24) is 0 Å². The number of nitrogens with two attached hydrogens (primary N) is 1. The molecule has 0 bridgehead atoms. The highest BCUT2D eigenvalue weighted by atomic mass is 32.2. The van der Waals surface area contributed by atoms with Gasteiger partial charge in [-0.25, -0.2) is 0 Å². The van der Waals surface area contributed by atoms with Crippen LogP contribution in [0.25, 0.3) is 0 Å². The Hall–Kier alpha value is -0.220. The van der Waals surface area contributed by atoms with E-state index in [1.165, 1.54) is 0 Å². The van der Waals surface area contributed by atoms with E-state index in [1.54, 1.807) is 18.7 Å². The molecular formula is C7H15NO2S. The summed E-state index contributed by atoms with van der Waals surface area (Å²) in [5.41, 5.74) is 5.56. The molecule has 2 N–H and O–H groups in total. The van der Waals surface area contributed by atoms with Crippen molar-refractivity contribution >= 4 is 17.7 Å². The maximum absolute atomic E-state index is 11.0. The van der Waals surface area contributed by atoms with E-state index in [4.69, 9.17) is 10.5 Å². The number of ether oxygens (including phenoxy) is 1. The minimum atomic E-state index is -0.495. The van der Waals surface area contributed by atoms with E-state index in [0.717, 1.165) is 0 Å². The maximum atomic E-state index is 11.0. The number of hydrogen-bond acceptors (Lipinski definition) is 4. The summed E-state index contributed by atoms with van der Waals surface area (Å²) in [5, 5.41) is 0.119. The molecule has 0 radical (unpaired) electrons. The lowest BCUT2D eigenvalue weighted by Crippen LogP contribution is -2.39. The lowest BCUT2D eigenvalue weighted by atomic mass is 10.2. The molecule has 0 saturated heterocycles. The van der Waals surface area contributed by atoms with E-state index < -0.39 is 6.04 Å². The van der Waals surface area contributed by atoms with Gasteiger partial charge in [0.2, 0.25) is 0 Å². The van der Waals surface area contributed by atoms with Crippen molar-refractivity contribution in [2.75, 3.05) is 12.9 Å². The molecule has 4 heteroatoms. The van der Waals surface area contributed by atoms with Gasteiger partial charge in [0.15, 0.2) is 0 Å². The van der Waals surface area contributed by atoms with E-state index in [0.29, 0.717) is 6.61 Å². The fourth-order valence-corrected chi connectivity index (χ4v) is 0.981. The van der Waals surface area contributed by atoms with Crippen molar-refractivity contribution in [2.24, 2.45) is 5.73 Å². The van der Waals surface area contributed by atoms with Gasteiger partial charge in [0.05, 0.1) is 6.61 Å². The van der Waals surface area contributed by atoms with Crippen LogP contribution >= 0.6 is 11.8 Å². The lowest BCUT2D eigenvalue weighted by Gasteiger charge is -2.15. The Morgan fingerprint density at radius 1 is 1.73 bits per heavy atom. The molecule has 0 aliphatic rings. The first-order valence-electron chi connectivity index (χ1n) is 3.58. The zero-order valence-corrected chi connectivity index (χ0v) is 7.98. The average molecular weight is 177 g/mol. The van der Waals surface area contributed by atoms with Crippen LogP contribution in [-0.2, 0) is 9.53 Å². The molecule has 11 heavy (non-hydrogen) atoms. The van der Waals surface area contributed by atoms with E-state index in [-0.39, 0.29) is 11.2 Å². The van der Waals surface area contributed by atoms with Crippen LogP contribution in [0.2, 0.25) is 0 Å². The fraction of sp³-hybridized carbons (Fsp3) is 0.857. The van der Waals surface area contributed by atoms with Crippen LogP contribution in [0.5, 0.6) is 0 Å². The molecule has 0 aromatic heterocycles. The molecule has 0 fully saturated rings. The standard InChI is InChI=1S/C7H15NO2S/c1-4-10-7(9)6(8)5(2)11-3/h5-6H,4,8H2,1-3H3. The second-order valence-electron chi connectivity index (χ2n) is 2.22. The monoisotopic (exact) mass is 177 g/mol. The largest absolute Gasteiger partial charge is 0.465 e. The van der Waals surface area contributed by atoms with Crippen LogP contribution in [0.15, 0.2) is 0 Å². The van der Waals surface area contributed by atoms with Crippen molar-refractivity contribution in [3.63, 3.8) is 0 Å². The first kappa shape index (κ1) is 10.8. The van der Waals surface area contributed by atoms with Crippen molar-refractivity contribution in [3.05, 3.63) is 0 Å². The molecule has 0 aliphatic carbocycles. The summed E-state index contributed by atoms with van der Waals surface area (Å²) in [6.07, 6.45) is 1.92. The third kappa shape index (κ3) is 3.62. The predicted octanol–water partition coefficient (Wildman–Crippen LogP) is 0.628. The molecule has 0 spiro atoms. The Morgan fingerprint density at radius 2 is 2.27 bits per heavy atom. The van der Waals surface area contributed by atoms with E-state index in [1.807, 2.05) is 13.2 Å². The zero-order chi connectivity index (χ0) is 8.85. The number of hydrogen-bond donors (Lipinski definition) is 1. The molecule has 2 unspecified atom stereocenters. The molecule has 0 rings (SSSR count). The summed E-state index contributed by atoms with van der Waals surface area (Å²) in [5.74, 6) is -0.311. The Labute approximate surface area is 71.7 Å². The highest BCUT2D eigenvalue weighted by Gasteiger charge is 2.20. The Kier molecular flexibility index (Phi) is 5.32. The van der Waals surface area contributed by atoms with Gasteiger partial charge in [0.25, 0.3) is 0 Å². The van der Waals surface area contributed by atoms with Gasteiger partial charge in [0, 0.05) is 5.25 Å². The van der Waals surface area contributed by atoms with Crippen molar-refractivity contribution in [3.8, 4) is 0 Å². The first-order valence-corrected chi connectivity index (χ1v) is 4.87. The molecule has 0 aliphatic heterocycles. The Bertz CT molecular complexity index is 130.